The van der Waals surface area contributed by atoms with Crippen LogP contribution in [0, 0.1) is 17.2 Å². The zero-order valence-corrected chi connectivity index (χ0v) is 11.0. The monoisotopic (exact) mass is 245 g/mol. The van der Waals surface area contributed by atoms with Crippen LogP contribution in [0.15, 0.2) is 24.3 Å². The number of nitriles is 1. The van der Waals surface area contributed by atoms with Gasteiger partial charge in [-0.2, -0.15) is 5.26 Å². The third kappa shape index (κ3) is 3.75. The summed E-state index contributed by atoms with van der Waals surface area (Å²) in [5, 5.41) is 8.70. The number of piperidine rings is 1. The van der Waals surface area contributed by atoms with E-state index in [1.54, 1.807) is 17.0 Å². The molecule has 1 aromatic carbocycles. The molecule has 3 heteroatoms. The van der Waals surface area contributed by atoms with Gasteiger partial charge in [0, 0.05) is 0 Å². The van der Waals surface area contributed by atoms with E-state index in [1.807, 2.05) is 12.1 Å². The molecule has 0 atom stereocenters. The Morgan fingerprint density at radius 2 is 1.94 bits per heavy atom. The van der Waals surface area contributed by atoms with Crippen LogP contribution < -0.4 is 9.64 Å². The lowest BCUT2D eigenvalue weighted by molar-refractivity contribution is -0.906. The fourth-order valence-corrected chi connectivity index (χ4v) is 2.36. The second-order valence-electron chi connectivity index (χ2n) is 5.17. The summed E-state index contributed by atoms with van der Waals surface area (Å²) in [6.07, 6.45) is 2.68. The van der Waals surface area contributed by atoms with E-state index in [-0.39, 0.29) is 0 Å². The first-order valence-corrected chi connectivity index (χ1v) is 6.74. The molecule has 1 fully saturated rings. The predicted octanol–water partition coefficient (Wildman–Crippen LogP) is 1.25. The molecule has 0 amide bonds. The van der Waals surface area contributed by atoms with Gasteiger partial charge in [0.05, 0.1) is 24.7 Å². The lowest BCUT2D eigenvalue weighted by atomic mass is 9.99. The highest BCUT2D eigenvalue weighted by Gasteiger charge is 2.18. The van der Waals surface area contributed by atoms with E-state index in [4.69, 9.17) is 10.00 Å². The third-order valence-corrected chi connectivity index (χ3v) is 3.69. The van der Waals surface area contributed by atoms with E-state index >= 15 is 0 Å². The number of nitrogens with zero attached hydrogens (tertiary/aromatic N) is 1. The van der Waals surface area contributed by atoms with Crippen molar-refractivity contribution in [2.45, 2.75) is 19.8 Å². The molecule has 96 valence electrons. The van der Waals surface area contributed by atoms with Crippen LogP contribution in [-0.4, -0.2) is 26.2 Å². The maximum atomic E-state index is 8.70. The number of quaternary nitrogens is 1. The Bertz CT molecular complexity index is 399. The van der Waals surface area contributed by atoms with Crippen LogP contribution in [0.25, 0.3) is 0 Å². The van der Waals surface area contributed by atoms with Gasteiger partial charge in [0.1, 0.15) is 18.9 Å². The Hall–Kier alpha value is -1.53. The maximum absolute atomic E-state index is 8.70. The van der Waals surface area contributed by atoms with E-state index in [9.17, 15) is 0 Å². The molecule has 1 heterocycles. The average Bonchev–Trinajstić information content (AvgIpc) is 2.42. The van der Waals surface area contributed by atoms with E-state index in [1.165, 1.54) is 25.9 Å². The molecule has 1 aromatic rings. The molecule has 3 nitrogen and oxygen atoms in total. The molecule has 0 aliphatic carbocycles. The summed E-state index contributed by atoms with van der Waals surface area (Å²) in [5.41, 5.74) is 0.679. The van der Waals surface area contributed by atoms with Gasteiger partial charge in [-0.1, -0.05) is 6.92 Å². The third-order valence-electron chi connectivity index (χ3n) is 3.69. The maximum Gasteiger partial charge on any atom is 0.137 e. The molecule has 0 radical (unpaired) electrons. The van der Waals surface area contributed by atoms with Gasteiger partial charge in [0.2, 0.25) is 0 Å². The molecule has 0 bridgehead atoms. The number of benzene rings is 1. The van der Waals surface area contributed by atoms with E-state index < -0.39 is 0 Å². The fraction of sp³-hybridized carbons (Fsp3) is 0.533. The van der Waals surface area contributed by atoms with Crippen molar-refractivity contribution in [2.75, 3.05) is 26.2 Å². The van der Waals surface area contributed by atoms with Crippen LogP contribution in [0.5, 0.6) is 5.75 Å². The number of hydrogen-bond acceptors (Lipinski definition) is 2. The van der Waals surface area contributed by atoms with Crippen molar-refractivity contribution in [3.05, 3.63) is 29.8 Å². The minimum absolute atomic E-state index is 0.679. The van der Waals surface area contributed by atoms with E-state index in [0.29, 0.717) is 5.56 Å². The van der Waals surface area contributed by atoms with Crippen molar-refractivity contribution in [3.63, 3.8) is 0 Å². The van der Waals surface area contributed by atoms with E-state index in [2.05, 4.69) is 13.0 Å². The number of nitrogens with one attached hydrogen (secondary N) is 1. The second-order valence-corrected chi connectivity index (χ2v) is 5.17. The van der Waals surface area contributed by atoms with Gasteiger partial charge in [-0.3, -0.25) is 0 Å². The molecule has 18 heavy (non-hydrogen) atoms. The molecule has 0 saturated carbocycles. The molecule has 0 spiro atoms. The Morgan fingerprint density at radius 3 is 2.56 bits per heavy atom. The molecule has 2 rings (SSSR count). The van der Waals surface area contributed by atoms with Crippen LogP contribution >= 0.6 is 0 Å². The zero-order valence-electron chi connectivity index (χ0n) is 11.0. The molecule has 1 aliphatic heterocycles. The van der Waals surface area contributed by atoms with Gasteiger partial charge in [0.25, 0.3) is 0 Å². The summed E-state index contributed by atoms with van der Waals surface area (Å²) >= 11 is 0. The summed E-state index contributed by atoms with van der Waals surface area (Å²) in [6, 6.07) is 9.43. The van der Waals surface area contributed by atoms with Crippen molar-refractivity contribution in [3.8, 4) is 11.8 Å². The molecular formula is C15H21N2O+. The predicted molar refractivity (Wildman–Crippen MR) is 70.6 cm³/mol. The SMILES string of the molecule is CC1CC[NH+](CCOc2ccc(C#N)cc2)CC1. The standard InChI is InChI=1S/C15H20N2O/c1-13-6-8-17(9-7-13)10-11-18-15-4-2-14(12-16)3-5-15/h2-5,13H,6-11H2,1H3/p+1. The van der Waals surface area contributed by atoms with Gasteiger partial charge in [-0.05, 0) is 43.0 Å². The topological polar surface area (TPSA) is 37.5 Å². The Morgan fingerprint density at radius 1 is 1.28 bits per heavy atom. The van der Waals surface area contributed by atoms with E-state index in [0.717, 1.165) is 24.8 Å². The average molecular weight is 245 g/mol. The van der Waals surface area contributed by atoms with Gasteiger partial charge >= 0.3 is 0 Å². The molecular weight excluding hydrogens is 224 g/mol. The molecule has 1 N–H and O–H groups in total. The Balaban J connectivity index is 1.70. The molecule has 0 aromatic heterocycles. The Labute approximate surface area is 109 Å². The van der Waals surface area contributed by atoms with Gasteiger partial charge in [-0.25, -0.2) is 0 Å². The van der Waals surface area contributed by atoms with Crippen LogP contribution in [0.3, 0.4) is 0 Å². The lowest BCUT2D eigenvalue weighted by Gasteiger charge is -2.27. The first-order valence-electron chi connectivity index (χ1n) is 6.74. The number of hydrogen-bond donors (Lipinski definition) is 1. The fourth-order valence-electron chi connectivity index (χ4n) is 2.36. The highest BCUT2D eigenvalue weighted by molar-refractivity contribution is 5.34. The molecule has 0 unspecified atom stereocenters. The minimum Gasteiger partial charge on any atom is -0.488 e. The van der Waals surface area contributed by atoms with Crippen LogP contribution in [0.4, 0.5) is 0 Å². The van der Waals surface area contributed by atoms with Gasteiger partial charge in [-0.15, -0.1) is 0 Å². The van der Waals surface area contributed by atoms with Gasteiger partial charge in [0.15, 0.2) is 0 Å². The summed E-state index contributed by atoms with van der Waals surface area (Å²) < 4.78 is 5.70. The summed E-state index contributed by atoms with van der Waals surface area (Å²) in [7, 11) is 0. The number of ether oxygens (including phenoxy) is 1. The quantitative estimate of drug-likeness (QED) is 0.867. The summed E-state index contributed by atoms with van der Waals surface area (Å²) in [5.74, 6) is 1.76. The first kappa shape index (κ1) is 12.9. The van der Waals surface area contributed by atoms with Crippen molar-refractivity contribution in [2.24, 2.45) is 5.92 Å². The van der Waals surface area contributed by atoms with Crippen molar-refractivity contribution in [1.29, 1.82) is 5.26 Å². The van der Waals surface area contributed by atoms with Crippen LogP contribution in [0.2, 0.25) is 0 Å². The minimum atomic E-state index is 0.679. The normalized spacial score (nSPS) is 23.3. The highest BCUT2D eigenvalue weighted by Crippen LogP contribution is 2.11. The molecule has 1 saturated heterocycles. The zero-order chi connectivity index (χ0) is 12.8. The largest absolute Gasteiger partial charge is 0.488 e. The Kier molecular flexibility index (Phi) is 4.60. The highest BCUT2D eigenvalue weighted by atomic mass is 16.5. The van der Waals surface area contributed by atoms with Crippen molar-refractivity contribution in [1.82, 2.24) is 0 Å². The summed E-state index contributed by atoms with van der Waals surface area (Å²) in [6.45, 7) is 6.72. The van der Waals surface area contributed by atoms with Gasteiger partial charge < -0.3 is 9.64 Å². The number of likely N-dealkylation sites (tertiary alicyclic amines) is 1. The van der Waals surface area contributed by atoms with Crippen molar-refractivity contribution >= 4 is 0 Å². The van der Waals surface area contributed by atoms with Crippen molar-refractivity contribution < 1.29 is 9.64 Å². The molecule has 1 aliphatic rings. The number of rotatable bonds is 4. The van der Waals surface area contributed by atoms with Crippen LogP contribution in [0.1, 0.15) is 25.3 Å². The summed E-state index contributed by atoms with van der Waals surface area (Å²) in [4.78, 5) is 1.65. The lowest BCUT2D eigenvalue weighted by Crippen LogP contribution is -3.13. The van der Waals surface area contributed by atoms with Crippen LogP contribution in [-0.2, 0) is 0 Å². The smallest absolute Gasteiger partial charge is 0.137 e. The first-order chi connectivity index (χ1) is 8.78. The second kappa shape index (κ2) is 6.42.